The molecule has 3 rings (SSSR count). The lowest BCUT2D eigenvalue weighted by atomic mass is 9.82. The largest absolute Gasteiger partial charge is 0.398 e. The molecular weight excluding hydrogens is 250 g/mol. The van der Waals surface area contributed by atoms with Crippen LogP contribution in [0.15, 0.2) is 24.3 Å². The molecule has 2 N–H and O–H groups in total. The Morgan fingerprint density at radius 1 is 1.30 bits per heavy atom. The second-order valence-electron chi connectivity index (χ2n) is 5.91. The normalized spacial score (nSPS) is 22.9. The molecule has 1 aliphatic rings. The van der Waals surface area contributed by atoms with Gasteiger partial charge < -0.3 is 5.73 Å². The summed E-state index contributed by atoms with van der Waals surface area (Å²) in [5.74, 6) is 2.27. The summed E-state index contributed by atoms with van der Waals surface area (Å²) in [5, 5.41) is 12.1. The van der Waals surface area contributed by atoms with Gasteiger partial charge in [-0.2, -0.15) is 0 Å². The molecule has 2 aromatic rings. The third kappa shape index (κ3) is 2.66. The van der Waals surface area contributed by atoms with Crippen LogP contribution in [0, 0.1) is 11.8 Å². The minimum absolute atomic E-state index is 0.672. The monoisotopic (exact) mass is 271 g/mol. The number of nitrogens with two attached hydrogens (primary N) is 1. The first-order chi connectivity index (χ1) is 9.74. The summed E-state index contributed by atoms with van der Waals surface area (Å²) in [7, 11) is 0. The van der Waals surface area contributed by atoms with Crippen molar-refractivity contribution in [3.63, 3.8) is 0 Å². The third-order valence-electron chi connectivity index (χ3n) is 4.21. The molecule has 2 unspecified atom stereocenters. The molecule has 20 heavy (non-hydrogen) atoms. The number of para-hydroxylation sites is 1. The number of nitrogens with zero attached hydrogens (tertiary/aromatic N) is 4. The van der Waals surface area contributed by atoms with E-state index < -0.39 is 0 Å². The molecule has 2 atom stereocenters. The van der Waals surface area contributed by atoms with Crippen LogP contribution >= 0.6 is 0 Å². The van der Waals surface area contributed by atoms with Gasteiger partial charge in [-0.05, 0) is 47.2 Å². The zero-order valence-electron chi connectivity index (χ0n) is 11.9. The van der Waals surface area contributed by atoms with Crippen LogP contribution in [-0.2, 0) is 6.54 Å². The van der Waals surface area contributed by atoms with Gasteiger partial charge in [0.25, 0.3) is 0 Å². The van der Waals surface area contributed by atoms with E-state index in [-0.39, 0.29) is 0 Å². The number of rotatable bonds is 3. The molecule has 5 nitrogen and oxygen atoms in total. The van der Waals surface area contributed by atoms with Crippen LogP contribution in [0.2, 0.25) is 0 Å². The fraction of sp³-hybridized carbons (Fsp3) is 0.533. The van der Waals surface area contributed by atoms with E-state index in [0.717, 1.165) is 29.5 Å². The number of aromatic nitrogens is 4. The highest BCUT2D eigenvalue weighted by molar-refractivity contribution is 5.70. The van der Waals surface area contributed by atoms with Crippen molar-refractivity contribution in [3.05, 3.63) is 24.3 Å². The number of nitrogen functional groups attached to an aromatic ring is 1. The third-order valence-corrected chi connectivity index (χ3v) is 4.21. The van der Waals surface area contributed by atoms with Crippen molar-refractivity contribution in [2.24, 2.45) is 11.8 Å². The summed E-state index contributed by atoms with van der Waals surface area (Å²) in [6, 6.07) is 7.75. The van der Waals surface area contributed by atoms with Gasteiger partial charge >= 0.3 is 0 Å². The van der Waals surface area contributed by atoms with E-state index in [1.807, 2.05) is 28.9 Å². The molecular formula is C15H21N5. The molecule has 1 fully saturated rings. The highest BCUT2D eigenvalue weighted by atomic mass is 15.5. The molecule has 0 spiro atoms. The van der Waals surface area contributed by atoms with E-state index >= 15 is 0 Å². The van der Waals surface area contributed by atoms with Crippen molar-refractivity contribution in [2.75, 3.05) is 5.73 Å². The summed E-state index contributed by atoms with van der Waals surface area (Å²) >= 11 is 0. The molecule has 1 heterocycles. The summed E-state index contributed by atoms with van der Waals surface area (Å²) in [6.45, 7) is 3.23. The second kappa shape index (κ2) is 5.61. The number of hydrogen-bond acceptors (Lipinski definition) is 4. The van der Waals surface area contributed by atoms with Crippen LogP contribution in [0.4, 0.5) is 5.69 Å². The number of hydrogen-bond donors (Lipinski definition) is 1. The Morgan fingerprint density at radius 2 is 2.15 bits per heavy atom. The topological polar surface area (TPSA) is 69.6 Å². The average Bonchev–Trinajstić information content (AvgIpc) is 2.87. The fourth-order valence-corrected chi connectivity index (χ4v) is 3.19. The molecule has 0 aliphatic heterocycles. The fourth-order valence-electron chi connectivity index (χ4n) is 3.19. The Kier molecular flexibility index (Phi) is 3.67. The standard InChI is InChI=1S/C15H21N5/c1-11-5-4-6-12(9-11)10-20-15(17-18-19-20)13-7-2-3-8-14(13)16/h2-3,7-8,11-12H,4-6,9-10,16H2,1H3. The van der Waals surface area contributed by atoms with E-state index in [9.17, 15) is 0 Å². The number of benzene rings is 1. The van der Waals surface area contributed by atoms with Crippen LogP contribution in [-0.4, -0.2) is 20.2 Å². The predicted molar refractivity (Wildman–Crippen MR) is 78.8 cm³/mol. The van der Waals surface area contributed by atoms with E-state index in [2.05, 4.69) is 22.4 Å². The first-order valence-corrected chi connectivity index (χ1v) is 7.35. The van der Waals surface area contributed by atoms with Crippen LogP contribution in [0.3, 0.4) is 0 Å². The van der Waals surface area contributed by atoms with E-state index in [1.165, 1.54) is 25.7 Å². The van der Waals surface area contributed by atoms with Gasteiger partial charge in [0.2, 0.25) is 0 Å². The van der Waals surface area contributed by atoms with Crippen molar-refractivity contribution < 1.29 is 0 Å². The smallest absolute Gasteiger partial charge is 0.184 e. The Labute approximate surface area is 119 Å². The van der Waals surface area contributed by atoms with Crippen LogP contribution < -0.4 is 5.73 Å². The minimum Gasteiger partial charge on any atom is -0.398 e. The Balaban J connectivity index is 1.82. The molecule has 0 bridgehead atoms. The van der Waals surface area contributed by atoms with Gasteiger partial charge in [0.15, 0.2) is 5.82 Å². The summed E-state index contributed by atoms with van der Waals surface area (Å²) in [5.41, 5.74) is 7.67. The molecule has 106 valence electrons. The highest BCUT2D eigenvalue weighted by Crippen LogP contribution is 2.31. The Hall–Kier alpha value is -1.91. The first-order valence-electron chi connectivity index (χ1n) is 7.35. The minimum atomic E-state index is 0.672. The zero-order chi connectivity index (χ0) is 13.9. The van der Waals surface area contributed by atoms with E-state index in [1.54, 1.807) is 0 Å². The first kappa shape index (κ1) is 13.1. The van der Waals surface area contributed by atoms with Crippen molar-refractivity contribution >= 4 is 5.69 Å². The van der Waals surface area contributed by atoms with Crippen molar-refractivity contribution in [1.29, 1.82) is 0 Å². The molecule has 0 saturated heterocycles. The van der Waals surface area contributed by atoms with Gasteiger partial charge in [0.05, 0.1) is 0 Å². The highest BCUT2D eigenvalue weighted by Gasteiger charge is 2.21. The van der Waals surface area contributed by atoms with E-state index in [0.29, 0.717) is 5.92 Å². The lowest BCUT2D eigenvalue weighted by Gasteiger charge is -2.26. The quantitative estimate of drug-likeness (QED) is 0.871. The molecule has 1 saturated carbocycles. The maximum Gasteiger partial charge on any atom is 0.184 e. The maximum absolute atomic E-state index is 6.03. The molecule has 1 aromatic heterocycles. The van der Waals surface area contributed by atoms with Gasteiger partial charge in [-0.15, -0.1) is 5.10 Å². The van der Waals surface area contributed by atoms with Crippen molar-refractivity contribution in [2.45, 2.75) is 39.2 Å². The number of anilines is 1. The van der Waals surface area contributed by atoms with Gasteiger partial charge in [-0.25, -0.2) is 4.68 Å². The lowest BCUT2D eigenvalue weighted by molar-refractivity contribution is 0.249. The maximum atomic E-state index is 6.03. The molecule has 5 heteroatoms. The molecule has 1 aliphatic carbocycles. The summed E-state index contributed by atoms with van der Waals surface area (Å²) in [4.78, 5) is 0. The van der Waals surface area contributed by atoms with Crippen LogP contribution in [0.25, 0.3) is 11.4 Å². The van der Waals surface area contributed by atoms with Crippen LogP contribution in [0.1, 0.15) is 32.6 Å². The lowest BCUT2D eigenvalue weighted by Crippen LogP contribution is -2.20. The van der Waals surface area contributed by atoms with Gasteiger partial charge in [-0.1, -0.05) is 31.9 Å². The number of tetrazole rings is 1. The molecule has 0 radical (unpaired) electrons. The Morgan fingerprint density at radius 3 is 2.95 bits per heavy atom. The summed E-state index contributed by atoms with van der Waals surface area (Å²) < 4.78 is 1.91. The SMILES string of the molecule is CC1CCCC(Cn2nnnc2-c2ccccc2N)C1. The molecule has 1 aromatic carbocycles. The predicted octanol–water partition coefficient (Wildman–Crippen LogP) is 2.75. The van der Waals surface area contributed by atoms with Gasteiger partial charge in [0, 0.05) is 17.8 Å². The second-order valence-corrected chi connectivity index (χ2v) is 5.91. The molecule has 0 amide bonds. The van der Waals surface area contributed by atoms with Gasteiger partial charge in [0.1, 0.15) is 0 Å². The average molecular weight is 271 g/mol. The van der Waals surface area contributed by atoms with Crippen LogP contribution in [0.5, 0.6) is 0 Å². The van der Waals surface area contributed by atoms with Crippen molar-refractivity contribution in [3.8, 4) is 11.4 Å². The van der Waals surface area contributed by atoms with E-state index in [4.69, 9.17) is 5.73 Å². The Bertz CT molecular complexity index is 577. The summed E-state index contributed by atoms with van der Waals surface area (Å²) in [6.07, 6.45) is 5.21. The van der Waals surface area contributed by atoms with Crippen molar-refractivity contribution in [1.82, 2.24) is 20.2 Å². The zero-order valence-corrected chi connectivity index (χ0v) is 11.9. The van der Waals surface area contributed by atoms with Gasteiger partial charge in [-0.3, -0.25) is 0 Å².